The zero-order valence-corrected chi connectivity index (χ0v) is 13.3. The number of hydrogen-bond donors (Lipinski definition) is 0. The van der Waals surface area contributed by atoms with Gasteiger partial charge in [0.1, 0.15) is 17.0 Å². The van der Waals surface area contributed by atoms with E-state index in [1.165, 1.54) is 12.3 Å². The minimum Gasteiger partial charge on any atom is -0.500 e. The first kappa shape index (κ1) is 16.7. The van der Waals surface area contributed by atoms with Gasteiger partial charge in [-0.05, 0) is 35.8 Å². The van der Waals surface area contributed by atoms with Crippen LogP contribution in [0.15, 0.2) is 28.6 Å². The highest BCUT2D eigenvalue weighted by molar-refractivity contribution is 9.10. The van der Waals surface area contributed by atoms with Crippen LogP contribution < -0.4 is 0 Å². The number of carbonyl (C=O) groups excluding carboxylic acids is 2. The van der Waals surface area contributed by atoms with Crippen LogP contribution in [0, 0.1) is 0 Å². The largest absolute Gasteiger partial charge is 0.500 e. The molecule has 1 aromatic rings. The van der Waals surface area contributed by atoms with Gasteiger partial charge in [-0.15, -0.1) is 0 Å². The maximum atomic E-state index is 12.3. The smallest absolute Gasteiger partial charge is 0.345 e. The number of ether oxygens (including phenoxy) is 2. The van der Waals surface area contributed by atoms with E-state index >= 15 is 0 Å². The van der Waals surface area contributed by atoms with E-state index < -0.39 is 11.8 Å². The Bertz CT molecular complexity index is 545. The lowest BCUT2D eigenvalue weighted by atomic mass is 10.1. The van der Waals surface area contributed by atoms with Gasteiger partial charge in [-0.2, -0.15) is 0 Å². The molecule has 0 radical (unpaired) electrons. The van der Waals surface area contributed by atoms with E-state index in [1.54, 1.807) is 13.8 Å². The van der Waals surface area contributed by atoms with Crippen molar-refractivity contribution >= 4 is 39.3 Å². The molecule has 0 fully saturated rings. The second-order valence-corrected chi connectivity index (χ2v) is 4.80. The molecule has 0 spiro atoms. The number of rotatable bonds is 6. The molecule has 0 saturated heterocycles. The Hall–Kier alpha value is -1.40. The molecular formula is C13H13BrClNO4. The molecule has 1 rings (SSSR count). The Labute approximate surface area is 130 Å². The van der Waals surface area contributed by atoms with Crippen LogP contribution in [-0.4, -0.2) is 30.0 Å². The Morgan fingerprint density at radius 1 is 1.40 bits per heavy atom. The number of esters is 1. The monoisotopic (exact) mass is 361 g/mol. The Kier molecular flexibility index (Phi) is 6.67. The Balaban J connectivity index is 3.16. The quantitative estimate of drug-likeness (QED) is 0.148. The van der Waals surface area contributed by atoms with Gasteiger partial charge < -0.3 is 9.47 Å². The highest BCUT2D eigenvalue weighted by Crippen LogP contribution is 2.21. The SMILES string of the molecule is CCO/C=C(\C(=O)OCC)C(=O)c1cc(Br)cnc1Cl. The zero-order valence-electron chi connectivity index (χ0n) is 11.0. The molecule has 7 heteroatoms. The summed E-state index contributed by atoms with van der Waals surface area (Å²) < 4.78 is 10.4. The van der Waals surface area contributed by atoms with Crippen LogP contribution in [0.5, 0.6) is 0 Å². The molecule has 0 aliphatic heterocycles. The van der Waals surface area contributed by atoms with Gasteiger partial charge in [-0.25, -0.2) is 9.78 Å². The fraction of sp³-hybridized carbons (Fsp3) is 0.308. The van der Waals surface area contributed by atoms with Crippen LogP contribution >= 0.6 is 27.5 Å². The first-order valence-corrected chi connectivity index (χ1v) is 7.03. The second-order valence-electron chi connectivity index (χ2n) is 3.53. The Morgan fingerprint density at radius 3 is 2.70 bits per heavy atom. The second kappa shape index (κ2) is 8.01. The van der Waals surface area contributed by atoms with Crippen molar-refractivity contribution in [1.82, 2.24) is 4.98 Å². The zero-order chi connectivity index (χ0) is 15.1. The van der Waals surface area contributed by atoms with Crippen LogP contribution in [-0.2, 0) is 14.3 Å². The fourth-order valence-corrected chi connectivity index (χ4v) is 1.82. The lowest BCUT2D eigenvalue weighted by Gasteiger charge is -2.08. The maximum absolute atomic E-state index is 12.3. The van der Waals surface area contributed by atoms with Crippen LogP contribution in [0.1, 0.15) is 24.2 Å². The topological polar surface area (TPSA) is 65.5 Å². The standard InChI is InChI=1S/C13H13BrClNO4/c1-3-19-7-10(13(18)20-4-2)11(17)9-5-8(14)6-16-12(9)15/h5-7H,3-4H2,1-2H3/b10-7-. The number of pyridine rings is 1. The van der Waals surface area contributed by atoms with Gasteiger partial charge in [0.25, 0.3) is 0 Å². The van der Waals surface area contributed by atoms with E-state index in [0.29, 0.717) is 11.1 Å². The summed E-state index contributed by atoms with van der Waals surface area (Å²) in [7, 11) is 0. The summed E-state index contributed by atoms with van der Waals surface area (Å²) in [5, 5.41) is 0.00453. The third-order valence-corrected chi connectivity index (χ3v) is 2.89. The van der Waals surface area contributed by atoms with Crippen molar-refractivity contribution in [3.05, 3.63) is 39.3 Å². The number of carbonyl (C=O) groups is 2. The first-order valence-electron chi connectivity index (χ1n) is 5.85. The van der Waals surface area contributed by atoms with Crippen LogP contribution in [0.3, 0.4) is 0 Å². The van der Waals surface area contributed by atoms with E-state index in [2.05, 4.69) is 20.9 Å². The lowest BCUT2D eigenvalue weighted by Crippen LogP contribution is -2.17. The summed E-state index contributed by atoms with van der Waals surface area (Å²) >= 11 is 9.07. The number of hydrogen-bond acceptors (Lipinski definition) is 5. The molecule has 0 aliphatic rings. The predicted octanol–water partition coefficient (Wildman–Crippen LogP) is 3.16. The van der Waals surface area contributed by atoms with E-state index in [4.69, 9.17) is 21.1 Å². The number of aromatic nitrogens is 1. The number of ketones is 1. The molecule has 108 valence electrons. The van der Waals surface area contributed by atoms with E-state index in [-0.39, 0.29) is 22.9 Å². The van der Waals surface area contributed by atoms with E-state index in [1.807, 2.05) is 0 Å². The molecule has 0 N–H and O–H groups in total. The van der Waals surface area contributed by atoms with Crippen molar-refractivity contribution in [2.45, 2.75) is 13.8 Å². The Morgan fingerprint density at radius 2 is 2.10 bits per heavy atom. The maximum Gasteiger partial charge on any atom is 0.345 e. The van der Waals surface area contributed by atoms with Crippen molar-refractivity contribution in [1.29, 1.82) is 0 Å². The van der Waals surface area contributed by atoms with Gasteiger partial charge in [0.05, 0.1) is 18.8 Å². The number of nitrogens with zero attached hydrogens (tertiary/aromatic N) is 1. The minimum absolute atomic E-state index is 0.00453. The normalized spacial score (nSPS) is 11.1. The van der Waals surface area contributed by atoms with Gasteiger partial charge in [-0.1, -0.05) is 11.6 Å². The number of Topliss-reactive ketones (excluding diaryl/α,β-unsaturated/α-hetero) is 1. The molecule has 0 aliphatic carbocycles. The van der Waals surface area contributed by atoms with Crippen molar-refractivity contribution in [2.24, 2.45) is 0 Å². The van der Waals surface area contributed by atoms with Gasteiger partial charge in [-0.3, -0.25) is 4.79 Å². The molecule has 0 unspecified atom stereocenters. The molecule has 0 bridgehead atoms. The average Bonchev–Trinajstić information content (AvgIpc) is 2.42. The lowest BCUT2D eigenvalue weighted by molar-refractivity contribution is -0.138. The minimum atomic E-state index is -0.762. The fourth-order valence-electron chi connectivity index (χ4n) is 1.30. The predicted molar refractivity (Wildman–Crippen MR) is 77.6 cm³/mol. The third kappa shape index (κ3) is 4.31. The summed E-state index contributed by atoms with van der Waals surface area (Å²) in [6.45, 7) is 3.85. The molecule has 20 heavy (non-hydrogen) atoms. The highest BCUT2D eigenvalue weighted by atomic mass is 79.9. The van der Waals surface area contributed by atoms with Gasteiger partial charge in [0.2, 0.25) is 5.78 Å². The molecule has 0 aromatic carbocycles. The average molecular weight is 363 g/mol. The molecule has 0 saturated carbocycles. The molecular weight excluding hydrogens is 350 g/mol. The van der Waals surface area contributed by atoms with E-state index in [9.17, 15) is 9.59 Å². The molecule has 1 heterocycles. The van der Waals surface area contributed by atoms with Crippen LogP contribution in [0.4, 0.5) is 0 Å². The van der Waals surface area contributed by atoms with Gasteiger partial charge in [0.15, 0.2) is 0 Å². The third-order valence-electron chi connectivity index (χ3n) is 2.16. The number of halogens is 2. The van der Waals surface area contributed by atoms with Crippen molar-refractivity contribution < 1.29 is 19.1 Å². The summed E-state index contributed by atoms with van der Waals surface area (Å²) in [6, 6.07) is 1.48. The molecule has 5 nitrogen and oxygen atoms in total. The van der Waals surface area contributed by atoms with Crippen molar-refractivity contribution in [3.8, 4) is 0 Å². The van der Waals surface area contributed by atoms with Crippen LogP contribution in [0.25, 0.3) is 0 Å². The van der Waals surface area contributed by atoms with Crippen molar-refractivity contribution in [3.63, 3.8) is 0 Å². The first-order chi connectivity index (χ1) is 9.51. The molecule has 0 atom stereocenters. The summed E-state index contributed by atoms with van der Waals surface area (Å²) in [5.41, 5.74) is -0.129. The summed E-state index contributed by atoms with van der Waals surface area (Å²) in [5.74, 6) is -1.36. The molecule has 0 amide bonds. The summed E-state index contributed by atoms with van der Waals surface area (Å²) in [6.07, 6.45) is 2.53. The van der Waals surface area contributed by atoms with E-state index in [0.717, 1.165) is 6.26 Å². The van der Waals surface area contributed by atoms with Gasteiger partial charge >= 0.3 is 5.97 Å². The highest BCUT2D eigenvalue weighted by Gasteiger charge is 2.24. The summed E-state index contributed by atoms with van der Waals surface area (Å²) in [4.78, 5) is 28.0. The van der Waals surface area contributed by atoms with Crippen molar-refractivity contribution in [2.75, 3.05) is 13.2 Å². The van der Waals surface area contributed by atoms with Gasteiger partial charge in [0, 0.05) is 10.7 Å². The van der Waals surface area contributed by atoms with Crippen LogP contribution in [0.2, 0.25) is 5.15 Å². The molecule has 1 aromatic heterocycles.